The van der Waals surface area contributed by atoms with Crippen LogP contribution in [0.1, 0.15) is 52.9 Å². The van der Waals surface area contributed by atoms with E-state index in [1.807, 2.05) is 0 Å². The first-order valence-corrected chi connectivity index (χ1v) is 9.46. The summed E-state index contributed by atoms with van der Waals surface area (Å²) < 4.78 is 5.38. The second kappa shape index (κ2) is 6.76. The highest BCUT2D eigenvalue weighted by atomic mass is 16.5. The van der Waals surface area contributed by atoms with Gasteiger partial charge in [0.25, 0.3) is 0 Å². The van der Waals surface area contributed by atoms with Crippen molar-refractivity contribution >= 4 is 17.5 Å². The van der Waals surface area contributed by atoms with Gasteiger partial charge in [0, 0.05) is 30.8 Å². The standard InChI is InChI=1S/C21H28O5/c1-11-13-8-15(19(11)24)17(23)10-16-14(6-5-7-21(16,3)4)20(25)18(9-13)26-12(2)22/h8,13-14,16-18,23H,1,5-7,9-10H2,2-4H3/t13?,14?,16-,17+,18+/m0/s1. The van der Waals surface area contributed by atoms with E-state index in [0.29, 0.717) is 17.6 Å². The van der Waals surface area contributed by atoms with E-state index in [1.54, 1.807) is 6.08 Å². The van der Waals surface area contributed by atoms with Crippen molar-refractivity contribution in [3.05, 3.63) is 23.8 Å². The Morgan fingerprint density at radius 2 is 2.00 bits per heavy atom. The van der Waals surface area contributed by atoms with Gasteiger partial charge in [0.2, 0.25) is 0 Å². The second-order valence-corrected chi connectivity index (χ2v) is 8.66. The van der Waals surface area contributed by atoms with Gasteiger partial charge in [-0.2, -0.15) is 0 Å². The number of ketones is 2. The Balaban J connectivity index is 2.04. The zero-order chi connectivity index (χ0) is 19.2. The molecule has 3 rings (SSSR count). The van der Waals surface area contributed by atoms with Crippen molar-refractivity contribution in [3.8, 4) is 0 Å². The summed E-state index contributed by atoms with van der Waals surface area (Å²) in [7, 11) is 0. The Bertz CT molecular complexity index is 687. The van der Waals surface area contributed by atoms with Crippen molar-refractivity contribution in [3.63, 3.8) is 0 Å². The molecular weight excluding hydrogens is 332 g/mol. The molecule has 0 saturated heterocycles. The van der Waals surface area contributed by atoms with Gasteiger partial charge in [-0.05, 0) is 36.2 Å². The monoisotopic (exact) mass is 360 g/mol. The first-order chi connectivity index (χ1) is 12.1. The largest absolute Gasteiger partial charge is 0.455 e. The molecule has 0 spiro atoms. The number of esters is 1. The minimum absolute atomic E-state index is 0.0593. The number of hydrogen-bond donors (Lipinski definition) is 1. The van der Waals surface area contributed by atoms with Crippen LogP contribution in [-0.4, -0.2) is 34.9 Å². The van der Waals surface area contributed by atoms with Crippen LogP contribution in [0, 0.1) is 23.2 Å². The van der Waals surface area contributed by atoms with Crippen molar-refractivity contribution in [2.75, 3.05) is 0 Å². The molecule has 3 aliphatic rings. The summed E-state index contributed by atoms with van der Waals surface area (Å²) in [6.07, 6.45) is 3.19. The van der Waals surface area contributed by atoms with E-state index >= 15 is 0 Å². The molecule has 1 N–H and O–H groups in total. The van der Waals surface area contributed by atoms with Crippen molar-refractivity contribution in [1.29, 1.82) is 0 Å². The Morgan fingerprint density at radius 3 is 2.65 bits per heavy atom. The van der Waals surface area contributed by atoms with Crippen LogP contribution in [0.2, 0.25) is 0 Å². The maximum absolute atomic E-state index is 13.3. The third-order valence-corrected chi connectivity index (χ3v) is 6.50. The molecule has 0 aromatic rings. The van der Waals surface area contributed by atoms with E-state index in [9.17, 15) is 19.5 Å². The number of hydrogen-bond acceptors (Lipinski definition) is 5. The zero-order valence-electron chi connectivity index (χ0n) is 15.8. The molecule has 2 bridgehead atoms. The third-order valence-electron chi connectivity index (χ3n) is 6.50. The fourth-order valence-electron chi connectivity index (χ4n) is 5.01. The highest BCUT2D eigenvalue weighted by Gasteiger charge is 2.48. The molecule has 5 nitrogen and oxygen atoms in total. The molecule has 0 amide bonds. The summed E-state index contributed by atoms with van der Waals surface area (Å²) in [5, 5.41) is 10.7. The molecule has 0 aromatic heterocycles. The van der Waals surface area contributed by atoms with Gasteiger partial charge in [-0.3, -0.25) is 14.4 Å². The van der Waals surface area contributed by atoms with E-state index < -0.39 is 18.2 Å². The number of carbonyl (C=O) groups excluding carboxylic acids is 3. The van der Waals surface area contributed by atoms with Crippen molar-refractivity contribution in [2.45, 2.75) is 65.1 Å². The van der Waals surface area contributed by atoms with Crippen LogP contribution in [0.5, 0.6) is 0 Å². The number of aliphatic hydroxyl groups is 1. The summed E-state index contributed by atoms with van der Waals surface area (Å²) in [5.41, 5.74) is 0.627. The number of ether oxygens (including phenoxy) is 1. The van der Waals surface area contributed by atoms with Crippen LogP contribution in [0.3, 0.4) is 0 Å². The lowest BCUT2D eigenvalue weighted by Crippen LogP contribution is -2.45. The van der Waals surface area contributed by atoms with Crippen LogP contribution >= 0.6 is 0 Å². The minimum Gasteiger partial charge on any atom is -0.455 e. The predicted molar refractivity (Wildman–Crippen MR) is 96.1 cm³/mol. The number of fused-ring (bicyclic) bond motifs is 2. The number of aliphatic hydroxyl groups excluding tert-OH is 1. The molecular formula is C21H28O5. The quantitative estimate of drug-likeness (QED) is 0.574. The van der Waals surface area contributed by atoms with Gasteiger partial charge in [0.05, 0.1) is 6.10 Å². The second-order valence-electron chi connectivity index (χ2n) is 8.66. The lowest BCUT2D eigenvalue weighted by atomic mass is 9.60. The number of Topliss-reactive ketones (excluding diaryl/α,β-unsaturated/α-hetero) is 2. The smallest absolute Gasteiger partial charge is 0.303 e. The molecule has 5 heteroatoms. The van der Waals surface area contributed by atoms with Gasteiger partial charge in [-0.15, -0.1) is 0 Å². The van der Waals surface area contributed by atoms with E-state index in [2.05, 4.69) is 20.4 Å². The van der Waals surface area contributed by atoms with Gasteiger partial charge in [-0.1, -0.05) is 32.9 Å². The van der Waals surface area contributed by atoms with Crippen LogP contribution in [0.4, 0.5) is 0 Å². The van der Waals surface area contributed by atoms with Gasteiger partial charge >= 0.3 is 5.97 Å². The molecule has 1 saturated carbocycles. The summed E-state index contributed by atoms with van der Waals surface area (Å²) >= 11 is 0. The van der Waals surface area contributed by atoms with E-state index in [-0.39, 0.29) is 41.2 Å². The van der Waals surface area contributed by atoms with Gasteiger partial charge < -0.3 is 9.84 Å². The van der Waals surface area contributed by atoms with Crippen LogP contribution in [0.15, 0.2) is 23.8 Å². The van der Waals surface area contributed by atoms with E-state index in [0.717, 1.165) is 19.3 Å². The Morgan fingerprint density at radius 1 is 1.31 bits per heavy atom. The third kappa shape index (κ3) is 3.29. The minimum atomic E-state index is -0.882. The molecule has 0 radical (unpaired) electrons. The summed E-state index contributed by atoms with van der Waals surface area (Å²) in [6.45, 7) is 9.38. The van der Waals surface area contributed by atoms with E-state index in [4.69, 9.17) is 4.74 Å². The summed E-state index contributed by atoms with van der Waals surface area (Å²) in [6, 6.07) is 0. The van der Waals surface area contributed by atoms with Crippen LogP contribution in [-0.2, 0) is 19.1 Å². The number of carbonyl (C=O) groups is 3. The maximum Gasteiger partial charge on any atom is 0.303 e. The molecule has 0 heterocycles. The predicted octanol–water partition coefficient (Wildman–Crippen LogP) is 2.77. The molecule has 0 aromatic carbocycles. The van der Waals surface area contributed by atoms with Crippen molar-refractivity contribution in [2.24, 2.45) is 23.2 Å². The highest BCUT2D eigenvalue weighted by Crippen LogP contribution is 2.49. The van der Waals surface area contributed by atoms with Gasteiger partial charge in [0.1, 0.15) is 0 Å². The molecule has 0 aliphatic heterocycles. The lowest BCUT2D eigenvalue weighted by Gasteiger charge is -2.45. The number of rotatable bonds is 1. The van der Waals surface area contributed by atoms with Gasteiger partial charge in [0.15, 0.2) is 17.7 Å². The fourth-order valence-corrected chi connectivity index (χ4v) is 5.01. The maximum atomic E-state index is 13.3. The zero-order valence-corrected chi connectivity index (χ0v) is 15.8. The Labute approximate surface area is 154 Å². The average molecular weight is 360 g/mol. The molecule has 1 fully saturated rings. The van der Waals surface area contributed by atoms with Crippen LogP contribution < -0.4 is 0 Å². The molecule has 2 unspecified atom stereocenters. The Hall–Kier alpha value is -1.75. The fraction of sp³-hybridized carbons (Fsp3) is 0.667. The first-order valence-electron chi connectivity index (χ1n) is 9.46. The van der Waals surface area contributed by atoms with Crippen molar-refractivity contribution < 1.29 is 24.2 Å². The molecule has 142 valence electrons. The summed E-state index contributed by atoms with van der Waals surface area (Å²) in [4.78, 5) is 37.4. The average Bonchev–Trinajstić information content (AvgIpc) is 2.82. The highest BCUT2D eigenvalue weighted by molar-refractivity contribution is 6.11. The lowest BCUT2D eigenvalue weighted by molar-refractivity contribution is -0.157. The summed E-state index contributed by atoms with van der Waals surface area (Å²) in [5.74, 6) is -1.49. The molecule has 26 heavy (non-hydrogen) atoms. The molecule has 5 atom stereocenters. The Kier molecular flexibility index (Phi) is 4.95. The van der Waals surface area contributed by atoms with E-state index in [1.165, 1.54) is 6.92 Å². The number of allylic oxidation sites excluding steroid dienone is 2. The first kappa shape index (κ1) is 19.0. The van der Waals surface area contributed by atoms with Crippen LogP contribution in [0.25, 0.3) is 0 Å². The SMILES string of the molecule is C=C1C(=O)C2=CC1C[C@@H](OC(C)=O)C(=O)C1CCCC(C)(C)[C@H]1C[C@H]2O. The normalized spacial score (nSPS) is 37.0. The van der Waals surface area contributed by atoms with Crippen molar-refractivity contribution in [1.82, 2.24) is 0 Å². The van der Waals surface area contributed by atoms with Gasteiger partial charge in [-0.25, -0.2) is 0 Å². The topological polar surface area (TPSA) is 80.7 Å². The molecule has 3 aliphatic carbocycles.